The summed E-state index contributed by atoms with van der Waals surface area (Å²) in [6.45, 7) is -0.0693. The maximum atomic E-state index is 12.6. The maximum Gasteiger partial charge on any atom is 0.338 e. The fraction of sp³-hybridized carbons (Fsp3) is 0.0588. The summed E-state index contributed by atoms with van der Waals surface area (Å²) in [7, 11) is 0. The van der Waals surface area contributed by atoms with E-state index in [0.717, 1.165) is 0 Å². The van der Waals surface area contributed by atoms with E-state index in [1.54, 1.807) is 48.5 Å². The first kappa shape index (κ1) is 30.9. The molecule has 0 saturated carbocycles. The van der Waals surface area contributed by atoms with E-state index in [1.165, 1.54) is 72.8 Å². The fourth-order valence-electron chi connectivity index (χ4n) is 4.15. The summed E-state index contributed by atoms with van der Waals surface area (Å²) in [4.78, 5) is 45.9. The van der Waals surface area contributed by atoms with E-state index in [0.29, 0.717) is 34.1 Å². The highest BCUT2D eigenvalue weighted by Crippen LogP contribution is 2.26. The molecule has 5 aromatic carbocycles. The molecule has 0 unspecified atom stereocenters. The van der Waals surface area contributed by atoms with Crippen LogP contribution in [-0.2, 0) is 22.7 Å². The summed E-state index contributed by atoms with van der Waals surface area (Å²) in [6.07, 6.45) is 0. The number of esters is 2. The summed E-state index contributed by atoms with van der Waals surface area (Å²) in [6, 6.07) is 30.9. The summed E-state index contributed by atoms with van der Waals surface area (Å²) < 4.78 is 22.3. The van der Waals surface area contributed by atoms with Crippen molar-refractivity contribution in [2.75, 3.05) is 0 Å². The molecule has 12 nitrogen and oxygen atoms in total. The van der Waals surface area contributed by atoms with Gasteiger partial charge in [0, 0.05) is 24.3 Å². The molecule has 0 heterocycles. The standard InChI is InChI=1S/C34H24N2O10/c37-33(43-21-23-3-1-5-31(19-23)45-29-15-11-27(12-16-29)35(39)40)25-7-9-26(10-8-25)34(38)44-22-24-4-2-6-32(20-24)46-30-17-13-28(14-18-30)36(41)42/h1-20H,21-22H2. The number of hydrogen-bond acceptors (Lipinski definition) is 10. The fourth-order valence-corrected chi connectivity index (χ4v) is 4.15. The van der Waals surface area contributed by atoms with Crippen molar-refractivity contribution in [2.24, 2.45) is 0 Å². The molecule has 5 aromatic rings. The lowest BCUT2D eigenvalue weighted by Gasteiger charge is -2.10. The van der Waals surface area contributed by atoms with Crippen LogP contribution in [0.25, 0.3) is 0 Å². The molecular weight excluding hydrogens is 596 g/mol. The Bertz CT molecular complexity index is 1730. The van der Waals surface area contributed by atoms with Gasteiger partial charge in [0.15, 0.2) is 0 Å². The highest BCUT2D eigenvalue weighted by molar-refractivity contribution is 5.93. The van der Waals surface area contributed by atoms with Gasteiger partial charge < -0.3 is 18.9 Å². The Morgan fingerprint density at radius 2 is 0.870 bits per heavy atom. The molecular formula is C34H24N2O10. The van der Waals surface area contributed by atoms with Gasteiger partial charge in [0.05, 0.1) is 21.0 Å². The lowest BCUT2D eigenvalue weighted by Crippen LogP contribution is -2.08. The number of benzene rings is 5. The highest BCUT2D eigenvalue weighted by Gasteiger charge is 2.13. The number of carbonyl (C=O) groups is 2. The first-order valence-electron chi connectivity index (χ1n) is 13.7. The van der Waals surface area contributed by atoms with Crippen molar-refractivity contribution in [1.82, 2.24) is 0 Å². The molecule has 0 aliphatic heterocycles. The van der Waals surface area contributed by atoms with Gasteiger partial charge in [-0.3, -0.25) is 20.2 Å². The van der Waals surface area contributed by atoms with E-state index >= 15 is 0 Å². The van der Waals surface area contributed by atoms with Crippen LogP contribution in [0.1, 0.15) is 31.8 Å². The summed E-state index contributed by atoms with van der Waals surface area (Å²) in [5.74, 6) is 0.585. The van der Waals surface area contributed by atoms with Crippen molar-refractivity contribution in [3.05, 3.63) is 164 Å². The minimum atomic E-state index is -0.591. The molecule has 0 fully saturated rings. The number of nitro benzene ring substituents is 2. The normalized spacial score (nSPS) is 10.4. The predicted octanol–water partition coefficient (Wildman–Crippen LogP) is 7.80. The molecule has 0 aliphatic carbocycles. The Morgan fingerprint density at radius 1 is 0.500 bits per heavy atom. The van der Waals surface area contributed by atoms with Crippen molar-refractivity contribution >= 4 is 23.3 Å². The minimum Gasteiger partial charge on any atom is -0.457 e. The second-order valence-electron chi connectivity index (χ2n) is 9.73. The van der Waals surface area contributed by atoms with E-state index in [4.69, 9.17) is 18.9 Å². The van der Waals surface area contributed by atoms with Gasteiger partial charge in [-0.2, -0.15) is 0 Å². The van der Waals surface area contributed by atoms with Crippen LogP contribution < -0.4 is 9.47 Å². The van der Waals surface area contributed by atoms with Crippen molar-refractivity contribution in [2.45, 2.75) is 13.2 Å². The van der Waals surface area contributed by atoms with Gasteiger partial charge in [-0.25, -0.2) is 9.59 Å². The van der Waals surface area contributed by atoms with Crippen LogP contribution in [0.3, 0.4) is 0 Å². The second-order valence-corrected chi connectivity index (χ2v) is 9.73. The molecule has 5 rings (SSSR count). The van der Waals surface area contributed by atoms with Gasteiger partial charge in [-0.15, -0.1) is 0 Å². The number of nitro groups is 2. The smallest absolute Gasteiger partial charge is 0.338 e. The van der Waals surface area contributed by atoms with Crippen molar-refractivity contribution in [1.29, 1.82) is 0 Å². The van der Waals surface area contributed by atoms with Crippen molar-refractivity contribution in [3.8, 4) is 23.0 Å². The van der Waals surface area contributed by atoms with Crippen LogP contribution in [0.2, 0.25) is 0 Å². The van der Waals surface area contributed by atoms with Gasteiger partial charge in [0.2, 0.25) is 0 Å². The van der Waals surface area contributed by atoms with Gasteiger partial charge in [-0.1, -0.05) is 24.3 Å². The number of non-ortho nitro benzene ring substituents is 2. The Kier molecular flexibility index (Phi) is 9.58. The zero-order chi connectivity index (χ0) is 32.5. The molecule has 0 spiro atoms. The van der Waals surface area contributed by atoms with Gasteiger partial charge in [0.25, 0.3) is 11.4 Å². The summed E-state index contributed by atoms with van der Waals surface area (Å²) in [5, 5.41) is 21.7. The predicted molar refractivity (Wildman–Crippen MR) is 164 cm³/mol. The van der Waals surface area contributed by atoms with Gasteiger partial charge >= 0.3 is 11.9 Å². The molecule has 0 aliphatic rings. The lowest BCUT2D eigenvalue weighted by molar-refractivity contribution is -0.385. The van der Waals surface area contributed by atoms with Crippen LogP contribution >= 0.6 is 0 Å². The van der Waals surface area contributed by atoms with Gasteiger partial charge in [0.1, 0.15) is 36.2 Å². The lowest BCUT2D eigenvalue weighted by atomic mass is 10.1. The Morgan fingerprint density at radius 3 is 1.22 bits per heavy atom. The SMILES string of the molecule is O=C(OCc1cccc(Oc2ccc([N+](=O)[O-])cc2)c1)c1ccc(C(=O)OCc2cccc(Oc3ccc([N+](=O)[O-])cc3)c2)cc1. The summed E-state index contributed by atoms with van der Waals surface area (Å²) >= 11 is 0. The molecule has 0 bridgehead atoms. The molecule has 230 valence electrons. The topological polar surface area (TPSA) is 157 Å². The zero-order valence-electron chi connectivity index (χ0n) is 23.9. The third-order valence-electron chi connectivity index (χ3n) is 6.46. The Hall–Kier alpha value is -6.56. The second kappa shape index (κ2) is 14.3. The molecule has 0 aromatic heterocycles. The van der Waals surface area contributed by atoms with Crippen LogP contribution in [-0.4, -0.2) is 21.8 Å². The van der Waals surface area contributed by atoms with E-state index in [-0.39, 0.29) is 35.7 Å². The zero-order valence-corrected chi connectivity index (χ0v) is 23.9. The van der Waals surface area contributed by atoms with Crippen molar-refractivity contribution in [3.63, 3.8) is 0 Å². The van der Waals surface area contributed by atoms with Gasteiger partial charge in [-0.05, 0) is 83.9 Å². The maximum absolute atomic E-state index is 12.6. The molecule has 0 radical (unpaired) electrons. The van der Waals surface area contributed by atoms with E-state index in [1.807, 2.05) is 0 Å². The van der Waals surface area contributed by atoms with E-state index in [9.17, 15) is 29.8 Å². The largest absolute Gasteiger partial charge is 0.457 e. The first-order chi connectivity index (χ1) is 22.2. The number of carbonyl (C=O) groups excluding carboxylic acids is 2. The average molecular weight is 621 g/mol. The molecule has 0 amide bonds. The Labute approximate surface area is 261 Å². The third-order valence-corrected chi connectivity index (χ3v) is 6.46. The summed E-state index contributed by atoms with van der Waals surface area (Å²) in [5.41, 5.74) is 1.71. The quantitative estimate of drug-likeness (QED) is 0.0765. The molecule has 0 N–H and O–H groups in total. The minimum absolute atomic E-state index is 0.0347. The first-order valence-corrected chi connectivity index (χ1v) is 13.7. The average Bonchev–Trinajstić information content (AvgIpc) is 3.07. The van der Waals surface area contributed by atoms with Crippen LogP contribution in [0, 0.1) is 20.2 Å². The van der Waals surface area contributed by atoms with E-state index in [2.05, 4.69) is 0 Å². The molecule has 12 heteroatoms. The van der Waals surface area contributed by atoms with Crippen LogP contribution in [0.5, 0.6) is 23.0 Å². The molecule has 46 heavy (non-hydrogen) atoms. The number of rotatable bonds is 12. The Balaban J connectivity index is 1.10. The molecule has 0 atom stereocenters. The monoisotopic (exact) mass is 620 g/mol. The number of hydrogen-bond donors (Lipinski definition) is 0. The van der Waals surface area contributed by atoms with Crippen LogP contribution in [0.15, 0.2) is 121 Å². The number of nitrogens with zero attached hydrogens (tertiary/aromatic N) is 2. The van der Waals surface area contributed by atoms with E-state index < -0.39 is 21.8 Å². The highest BCUT2D eigenvalue weighted by atomic mass is 16.6. The third kappa shape index (κ3) is 8.29. The van der Waals surface area contributed by atoms with Crippen molar-refractivity contribution < 1.29 is 38.4 Å². The van der Waals surface area contributed by atoms with Crippen LogP contribution in [0.4, 0.5) is 11.4 Å². The number of ether oxygens (including phenoxy) is 4. The molecule has 0 saturated heterocycles.